The molecule has 0 radical (unpaired) electrons. The van der Waals surface area contributed by atoms with Crippen LogP contribution in [-0.2, 0) is 11.2 Å². The number of rotatable bonds is 4. The van der Waals surface area contributed by atoms with Gasteiger partial charge in [0.25, 0.3) is 0 Å². The Balaban J connectivity index is 1.87. The molecule has 0 unspecified atom stereocenters. The number of benzene rings is 1. The maximum atomic E-state index is 5.93. The van der Waals surface area contributed by atoms with Crippen molar-refractivity contribution in [3.05, 3.63) is 35.5 Å². The van der Waals surface area contributed by atoms with E-state index in [-0.39, 0.29) is 0 Å². The minimum absolute atomic E-state index is 0.540. The number of nitrogens with two attached hydrogens (primary N) is 2. The van der Waals surface area contributed by atoms with Crippen LogP contribution in [-0.4, -0.2) is 23.4 Å². The number of hydrogen-bond donors (Lipinski definition) is 3. The van der Waals surface area contributed by atoms with E-state index in [0.717, 1.165) is 36.6 Å². The molecule has 1 aromatic heterocycles. The summed E-state index contributed by atoms with van der Waals surface area (Å²) >= 11 is 0. The van der Waals surface area contributed by atoms with Crippen LogP contribution in [0.25, 0.3) is 0 Å². The molecule has 2 heterocycles. The van der Waals surface area contributed by atoms with Crippen molar-refractivity contribution < 1.29 is 4.74 Å². The molecule has 1 fully saturated rings. The average molecular weight is 285 g/mol. The minimum Gasteiger partial charge on any atom is -0.397 e. The Kier molecular flexibility index (Phi) is 3.62. The zero-order chi connectivity index (χ0) is 14.8. The van der Waals surface area contributed by atoms with Gasteiger partial charge in [-0.2, -0.15) is 5.10 Å². The third-order valence-corrected chi connectivity index (χ3v) is 3.59. The summed E-state index contributed by atoms with van der Waals surface area (Å²) in [5.41, 5.74) is 15.9. The normalized spacial score (nSPS) is 14.7. The summed E-state index contributed by atoms with van der Waals surface area (Å²) in [7, 11) is 0. The largest absolute Gasteiger partial charge is 0.397 e. The first kappa shape index (κ1) is 13.6. The molecule has 21 heavy (non-hydrogen) atoms. The van der Waals surface area contributed by atoms with E-state index in [1.807, 2.05) is 31.2 Å². The number of nitrogens with zero attached hydrogens (tertiary/aromatic N) is 2. The van der Waals surface area contributed by atoms with Crippen molar-refractivity contribution in [1.82, 2.24) is 10.2 Å². The van der Waals surface area contributed by atoms with Gasteiger partial charge in [0.05, 0.1) is 30.3 Å². The summed E-state index contributed by atoms with van der Waals surface area (Å²) < 4.78 is 5.23. The lowest BCUT2D eigenvalue weighted by Gasteiger charge is -2.27. The van der Waals surface area contributed by atoms with E-state index in [4.69, 9.17) is 16.2 Å². The maximum Gasteiger partial charge on any atom is 0.153 e. The van der Waals surface area contributed by atoms with Crippen molar-refractivity contribution >= 4 is 22.9 Å². The molecule has 110 valence electrons. The summed E-state index contributed by atoms with van der Waals surface area (Å²) in [5, 5.41) is 11.4. The van der Waals surface area contributed by atoms with Gasteiger partial charge in [-0.1, -0.05) is 0 Å². The lowest BCUT2D eigenvalue weighted by atomic mass is 9.96. The summed E-state index contributed by atoms with van der Waals surface area (Å²) in [6, 6.07) is 7.59. The van der Waals surface area contributed by atoms with Crippen molar-refractivity contribution in [2.75, 3.05) is 30.0 Å². The van der Waals surface area contributed by atoms with E-state index in [9.17, 15) is 0 Å². The number of nitrogen functional groups attached to an aromatic ring is 2. The number of anilines is 4. The molecule has 0 bridgehead atoms. The molecule has 1 saturated heterocycles. The number of aryl methyl sites for hydroxylation is 1. The topological polar surface area (TPSA) is 99.1 Å². The molecule has 0 spiro atoms. The Labute approximate surface area is 123 Å². The van der Waals surface area contributed by atoms with Gasteiger partial charge in [-0.15, -0.1) is 5.10 Å². The first-order chi connectivity index (χ1) is 10.1. The number of ether oxygens (including phenoxy) is 1. The zero-order valence-electron chi connectivity index (χ0n) is 12.0. The third-order valence-electron chi connectivity index (χ3n) is 3.59. The standard InChI is InChI=1S/C15H19N5O/c1-9-2-3-15(20-19-9)18-14-6-13(17)12(16)5-11(14)4-10-7-21-8-10/h2-3,5-6,10H,4,7-8,16-17H2,1H3,(H,18,20). The first-order valence-corrected chi connectivity index (χ1v) is 6.95. The molecular formula is C15H19N5O. The third kappa shape index (κ3) is 3.05. The molecule has 0 amide bonds. The Morgan fingerprint density at radius 3 is 2.57 bits per heavy atom. The molecule has 0 saturated carbocycles. The van der Waals surface area contributed by atoms with Crippen LogP contribution in [0.2, 0.25) is 0 Å². The second-order valence-electron chi connectivity index (χ2n) is 5.43. The Morgan fingerprint density at radius 2 is 1.95 bits per heavy atom. The average Bonchev–Trinajstić information content (AvgIpc) is 2.41. The quantitative estimate of drug-likeness (QED) is 0.742. The summed E-state index contributed by atoms with van der Waals surface area (Å²) in [6.07, 6.45) is 0.909. The van der Waals surface area contributed by atoms with Crippen molar-refractivity contribution in [1.29, 1.82) is 0 Å². The Bertz CT molecular complexity index is 637. The number of nitrogens with one attached hydrogen (secondary N) is 1. The van der Waals surface area contributed by atoms with Gasteiger partial charge in [-0.05, 0) is 43.2 Å². The van der Waals surface area contributed by atoms with Crippen LogP contribution in [0.5, 0.6) is 0 Å². The molecule has 6 heteroatoms. The van der Waals surface area contributed by atoms with E-state index >= 15 is 0 Å². The molecule has 0 atom stereocenters. The first-order valence-electron chi connectivity index (χ1n) is 6.95. The Hall–Kier alpha value is -2.34. The van der Waals surface area contributed by atoms with Crippen LogP contribution in [0.15, 0.2) is 24.3 Å². The highest BCUT2D eigenvalue weighted by Gasteiger charge is 2.21. The van der Waals surface area contributed by atoms with E-state index in [1.54, 1.807) is 0 Å². The van der Waals surface area contributed by atoms with Gasteiger partial charge in [-0.3, -0.25) is 0 Å². The van der Waals surface area contributed by atoms with Gasteiger partial charge in [0.2, 0.25) is 0 Å². The molecule has 2 aromatic rings. The van der Waals surface area contributed by atoms with Gasteiger partial charge in [0, 0.05) is 11.6 Å². The summed E-state index contributed by atoms with van der Waals surface area (Å²) in [4.78, 5) is 0. The van der Waals surface area contributed by atoms with Gasteiger partial charge < -0.3 is 21.5 Å². The number of hydrogen-bond acceptors (Lipinski definition) is 6. The monoisotopic (exact) mass is 285 g/mol. The fourth-order valence-corrected chi connectivity index (χ4v) is 2.28. The second-order valence-corrected chi connectivity index (χ2v) is 5.43. The van der Waals surface area contributed by atoms with Crippen LogP contribution in [0.4, 0.5) is 22.9 Å². The van der Waals surface area contributed by atoms with Crippen molar-refractivity contribution in [2.45, 2.75) is 13.3 Å². The highest BCUT2D eigenvalue weighted by molar-refractivity contribution is 5.74. The lowest BCUT2D eigenvalue weighted by molar-refractivity contribution is -0.0311. The van der Waals surface area contributed by atoms with Gasteiger partial charge in [0.1, 0.15) is 0 Å². The van der Waals surface area contributed by atoms with Crippen LogP contribution in [0.1, 0.15) is 11.3 Å². The molecule has 1 aliphatic rings. The number of aromatic nitrogens is 2. The lowest BCUT2D eigenvalue weighted by Crippen LogP contribution is -2.29. The summed E-state index contributed by atoms with van der Waals surface area (Å²) in [6.45, 7) is 3.50. The van der Waals surface area contributed by atoms with E-state index in [0.29, 0.717) is 23.1 Å². The predicted molar refractivity (Wildman–Crippen MR) is 83.3 cm³/mol. The van der Waals surface area contributed by atoms with Crippen molar-refractivity contribution in [2.24, 2.45) is 5.92 Å². The maximum absolute atomic E-state index is 5.93. The predicted octanol–water partition coefficient (Wildman–Crippen LogP) is 1.88. The minimum atomic E-state index is 0.540. The van der Waals surface area contributed by atoms with Crippen LogP contribution in [0.3, 0.4) is 0 Å². The smallest absolute Gasteiger partial charge is 0.153 e. The molecule has 5 N–H and O–H groups in total. The molecule has 6 nitrogen and oxygen atoms in total. The highest BCUT2D eigenvalue weighted by atomic mass is 16.5. The fourth-order valence-electron chi connectivity index (χ4n) is 2.28. The SMILES string of the molecule is Cc1ccc(Nc2cc(N)c(N)cc2CC2COC2)nn1. The zero-order valence-corrected chi connectivity index (χ0v) is 12.0. The fraction of sp³-hybridized carbons (Fsp3) is 0.333. The summed E-state index contributed by atoms with van der Waals surface area (Å²) in [5.74, 6) is 1.23. The second kappa shape index (κ2) is 5.57. The van der Waals surface area contributed by atoms with Gasteiger partial charge >= 0.3 is 0 Å². The molecule has 3 rings (SSSR count). The van der Waals surface area contributed by atoms with Crippen LogP contribution < -0.4 is 16.8 Å². The van der Waals surface area contributed by atoms with E-state index in [2.05, 4.69) is 15.5 Å². The van der Waals surface area contributed by atoms with Crippen LogP contribution in [0, 0.1) is 12.8 Å². The van der Waals surface area contributed by atoms with Crippen molar-refractivity contribution in [3.8, 4) is 0 Å². The van der Waals surface area contributed by atoms with E-state index in [1.165, 1.54) is 0 Å². The van der Waals surface area contributed by atoms with E-state index < -0.39 is 0 Å². The molecular weight excluding hydrogens is 266 g/mol. The Morgan fingerprint density at radius 1 is 1.19 bits per heavy atom. The van der Waals surface area contributed by atoms with Crippen molar-refractivity contribution in [3.63, 3.8) is 0 Å². The molecule has 1 aliphatic heterocycles. The van der Waals surface area contributed by atoms with Gasteiger partial charge in [0.15, 0.2) is 5.82 Å². The molecule has 0 aliphatic carbocycles. The molecule has 1 aromatic carbocycles. The van der Waals surface area contributed by atoms with Crippen LogP contribution >= 0.6 is 0 Å². The highest BCUT2D eigenvalue weighted by Crippen LogP contribution is 2.30. The van der Waals surface area contributed by atoms with Gasteiger partial charge in [-0.25, -0.2) is 0 Å².